The zero-order valence-electron chi connectivity index (χ0n) is 12.4. The maximum absolute atomic E-state index is 11.6. The number of hydrogen-bond donors (Lipinski definition) is 0. The largest absolute Gasteiger partial charge is 0.465 e. The summed E-state index contributed by atoms with van der Waals surface area (Å²) in [5, 5.41) is 0.670. The Morgan fingerprint density at radius 2 is 2.19 bits per heavy atom. The Labute approximate surface area is 129 Å². The van der Waals surface area contributed by atoms with E-state index in [0.717, 1.165) is 24.3 Å². The lowest BCUT2D eigenvalue weighted by Gasteiger charge is -2.19. The first kappa shape index (κ1) is 15.8. The van der Waals surface area contributed by atoms with Crippen molar-refractivity contribution in [3.63, 3.8) is 0 Å². The van der Waals surface area contributed by atoms with Crippen molar-refractivity contribution >= 4 is 23.2 Å². The van der Waals surface area contributed by atoms with Gasteiger partial charge in [0.15, 0.2) is 0 Å². The number of nitrogens with zero attached hydrogens (tertiary/aromatic N) is 3. The minimum Gasteiger partial charge on any atom is -0.465 e. The van der Waals surface area contributed by atoms with E-state index in [2.05, 4.69) is 11.9 Å². The van der Waals surface area contributed by atoms with Crippen molar-refractivity contribution < 1.29 is 9.53 Å². The molecule has 2 rings (SSSR count). The van der Waals surface area contributed by atoms with Gasteiger partial charge in [0.05, 0.1) is 23.9 Å². The first-order valence-corrected chi connectivity index (χ1v) is 7.51. The molecule has 114 valence electrons. The van der Waals surface area contributed by atoms with Gasteiger partial charge in [-0.1, -0.05) is 18.5 Å². The highest BCUT2D eigenvalue weighted by Crippen LogP contribution is 2.13. The third kappa shape index (κ3) is 4.44. The Bertz CT molecular complexity index is 612. The van der Waals surface area contributed by atoms with E-state index in [-0.39, 0.29) is 12.5 Å². The average molecular weight is 310 g/mol. The minimum absolute atomic E-state index is 0.197. The third-order valence-electron chi connectivity index (χ3n) is 3.05. The van der Waals surface area contributed by atoms with Crippen LogP contribution in [0.25, 0.3) is 5.65 Å². The molecule has 0 aliphatic carbocycles. The Balaban J connectivity index is 2.08. The van der Waals surface area contributed by atoms with E-state index in [1.165, 1.54) is 0 Å². The second kappa shape index (κ2) is 7.43. The van der Waals surface area contributed by atoms with Gasteiger partial charge < -0.3 is 9.14 Å². The average Bonchev–Trinajstić information content (AvgIpc) is 2.80. The molecule has 0 unspecified atom stereocenters. The maximum atomic E-state index is 11.6. The second-order valence-corrected chi connectivity index (χ2v) is 5.30. The monoisotopic (exact) mass is 309 g/mol. The van der Waals surface area contributed by atoms with Gasteiger partial charge in [0.1, 0.15) is 5.65 Å². The standard InChI is InChI=1S/C15H20ClN3O2/c1-3-7-18(11-15(20)21-4-2)9-13-10-19-8-12(16)5-6-14(19)17-13/h5-6,8,10H,3-4,7,9,11H2,1-2H3. The fraction of sp³-hybridized carbons (Fsp3) is 0.467. The molecule has 0 aliphatic rings. The van der Waals surface area contributed by atoms with Crippen LogP contribution in [0.1, 0.15) is 26.0 Å². The molecule has 0 spiro atoms. The number of imidazole rings is 1. The summed E-state index contributed by atoms with van der Waals surface area (Å²) in [5.74, 6) is -0.197. The van der Waals surface area contributed by atoms with E-state index in [1.54, 1.807) is 0 Å². The highest BCUT2D eigenvalue weighted by Gasteiger charge is 2.13. The van der Waals surface area contributed by atoms with Crippen LogP contribution in [0, 0.1) is 0 Å². The first-order chi connectivity index (χ1) is 10.1. The number of rotatable bonds is 7. The normalized spacial score (nSPS) is 11.2. The van der Waals surface area contributed by atoms with Crippen LogP contribution in [-0.2, 0) is 16.1 Å². The van der Waals surface area contributed by atoms with Crippen LogP contribution in [0.4, 0.5) is 0 Å². The number of hydrogen-bond acceptors (Lipinski definition) is 4. The van der Waals surface area contributed by atoms with Crippen LogP contribution in [0.2, 0.25) is 5.02 Å². The highest BCUT2D eigenvalue weighted by atomic mass is 35.5. The molecule has 0 radical (unpaired) electrons. The zero-order valence-corrected chi connectivity index (χ0v) is 13.1. The van der Waals surface area contributed by atoms with Crippen molar-refractivity contribution in [1.82, 2.24) is 14.3 Å². The Kier molecular flexibility index (Phi) is 5.59. The molecule has 0 N–H and O–H groups in total. The Hall–Kier alpha value is -1.59. The predicted octanol–water partition coefficient (Wildman–Crippen LogP) is 2.76. The van der Waals surface area contributed by atoms with E-state index in [9.17, 15) is 4.79 Å². The summed E-state index contributed by atoms with van der Waals surface area (Å²) in [6, 6.07) is 3.69. The van der Waals surface area contributed by atoms with Crippen LogP contribution < -0.4 is 0 Å². The lowest BCUT2D eigenvalue weighted by Crippen LogP contribution is -2.31. The van der Waals surface area contributed by atoms with Crippen molar-refractivity contribution in [2.24, 2.45) is 0 Å². The van der Waals surface area contributed by atoms with Crippen LogP contribution in [0.3, 0.4) is 0 Å². The summed E-state index contributed by atoms with van der Waals surface area (Å²) in [4.78, 5) is 18.2. The van der Waals surface area contributed by atoms with Crippen molar-refractivity contribution in [3.05, 3.63) is 35.2 Å². The molecule has 0 amide bonds. The van der Waals surface area contributed by atoms with Crippen LogP contribution in [-0.4, -0.2) is 40.0 Å². The molecule has 0 atom stereocenters. The van der Waals surface area contributed by atoms with Gasteiger partial charge in [-0.2, -0.15) is 0 Å². The minimum atomic E-state index is -0.197. The van der Waals surface area contributed by atoms with Gasteiger partial charge in [-0.3, -0.25) is 9.69 Å². The highest BCUT2D eigenvalue weighted by molar-refractivity contribution is 6.30. The molecule has 6 heteroatoms. The van der Waals surface area contributed by atoms with Crippen molar-refractivity contribution in [1.29, 1.82) is 0 Å². The van der Waals surface area contributed by atoms with Gasteiger partial charge in [0.2, 0.25) is 0 Å². The maximum Gasteiger partial charge on any atom is 0.320 e. The molecule has 2 aromatic heterocycles. The van der Waals surface area contributed by atoms with Gasteiger partial charge in [-0.25, -0.2) is 4.98 Å². The van der Waals surface area contributed by atoms with Gasteiger partial charge >= 0.3 is 5.97 Å². The Morgan fingerprint density at radius 3 is 2.90 bits per heavy atom. The fourth-order valence-electron chi connectivity index (χ4n) is 2.24. The molecule has 0 aliphatic heterocycles. The lowest BCUT2D eigenvalue weighted by molar-refractivity contribution is -0.144. The Morgan fingerprint density at radius 1 is 1.38 bits per heavy atom. The second-order valence-electron chi connectivity index (χ2n) is 4.86. The third-order valence-corrected chi connectivity index (χ3v) is 3.27. The summed E-state index contributed by atoms with van der Waals surface area (Å²) in [5.41, 5.74) is 1.76. The lowest BCUT2D eigenvalue weighted by atomic mass is 10.3. The summed E-state index contributed by atoms with van der Waals surface area (Å²) < 4.78 is 6.90. The molecule has 5 nitrogen and oxygen atoms in total. The molecule has 2 heterocycles. The summed E-state index contributed by atoms with van der Waals surface area (Å²) in [7, 11) is 0. The van der Waals surface area contributed by atoms with E-state index in [0.29, 0.717) is 18.2 Å². The van der Waals surface area contributed by atoms with E-state index < -0.39 is 0 Å². The smallest absolute Gasteiger partial charge is 0.320 e. The number of halogens is 1. The molecule has 0 saturated heterocycles. The van der Waals surface area contributed by atoms with Crippen molar-refractivity contribution in [2.45, 2.75) is 26.8 Å². The summed E-state index contributed by atoms with van der Waals surface area (Å²) >= 11 is 5.97. The predicted molar refractivity (Wildman–Crippen MR) is 82.4 cm³/mol. The van der Waals surface area contributed by atoms with Gasteiger partial charge in [0, 0.05) is 18.9 Å². The molecule has 0 bridgehead atoms. The van der Waals surface area contributed by atoms with E-state index >= 15 is 0 Å². The number of carbonyl (C=O) groups excluding carboxylic acids is 1. The van der Waals surface area contributed by atoms with E-state index in [1.807, 2.05) is 40.8 Å². The molecule has 0 aromatic carbocycles. The number of aromatic nitrogens is 2. The summed E-state index contributed by atoms with van der Waals surface area (Å²) in [6.45, 7) is 6.04. The van der Waals surface area contributed by atoms with Gasteiger partial charge in [0.25, 0.3) is 0 Å². The molecule has 0 fully saturated rings. The number of ether oxygens (including phenoxy) is 1. The van der Waals surface area contributed by atoms with E-state index in [4.69, 9.17) is 16.3 Å². The van der Waals surface area contributed by atoms with Gasteiger partial charge in [-0.05, 0) is 32.0 Å². The number of esters is 1. The van der Waals surface area contributed by atoms with Crippen LogP contribution in [0.5, 0.6) is 0 Å². The number of pyridine rings is 1. The molecular weight excluding hydrogens is 290 g/mol. The van der Waals surface area contributed by atoms with Crippen molar-refractivity contribution in [3.8, 4) is 0 Å². The molecule has 2 aromatic rings. The summed E-state index contributed by atoms with van der Waals surface area (Å²) in [6.07, 6.45) is 4.73. The quantitative estimate of drug-likeness (QED) is 0.738. The SMILES string of the molecule is CCCN(CC(=O)OCC)Cc1cn2cc(Cl)ccc2n1. The van der Waals surface area contributed by atoms with Crippen LogP contribution >= 0.6 is 11.6 Å². The fourth-order valence-corrected chi connectivity index (χ4v) is 2.41. The topological polar surface area (TPSA) is 46.8 Å². The molecule has 0 saturated carbocycles. The number of carbonyl (C=O) groups is 1. The molecule has 21 heavy (non-hydrogen) atoms. The molecular formula is C15H20ClN3O2. The zero-order chi connectivity index (χ0) is 15.2. The first-order valence-electron chi connectivity index (χ1n) is 7.13. The number of fused-ring (bicyclic) bond motifs is 1. The van der Waals surface area contributed by atoms with Gasteiger partial charge in [-0.15, -0.1) is 0 Å². The van der Waals surface area contributed by atoms with Crippen molar-refractivity contribution in [2.75, 3.05) is 19.7 Å². The van der Waals surface area contributed by atoms with Crippen LogP contribution in [0.15, 0.2) is 24.5 Å².